The molecule has 6 heteroatoms. The molecule has 1 amide bonds. The fourth-order valence-corrected chi connectivity index (χ4v) is 3.84. The first kappa shape index (κ1) is 18.7. The van der Waals surface area contributed by atoms with Gasteiger partial charge < -0.3 is 5.32 Å². The second-order valence-corrected chi connectivity index (χ2v) is 7.82. The Labute approximate surface area is 176 Å². The Hall–Kier alpha value is -2.66. The van der Waals surface area contributed by atoms with Crippen LogP contribution in [-0.2, 0) is 0 Å². The maximum absolute atomic E-state index is 12.3. The molecular weight excluding hydrogens is 411 g/mol. The van der Waals surface area contributed by atoms with E-state index in [2.05, 4.69) is 5.32 Å². The van der Waals surface area contributed by atoms with E-state index in [4.69, 9.17) is 28.2 Å². The first-order chi connectivity index (χ1) is 13.6. The molecule has 28 heavy (non-hydrogen) atoms. The highest BCUT2D eigenvalue weighted by Gasteiger charge is 2.09. The fraction of sp³-hybridized carbons (Fsp3) is 0. The second kappa shape index (κ2) is 8.15. The van der Waals surface area contributed by atoms with Crippen LogP contribution in [0.5, 0.6) is 0 Å². The highest BCUT2D eigenvalue weighted by atomic mass is 35.5. The third kappa shape index (κ3) is 4.25. The van der Waals surface area contributed by atoms with Crippen LogP contribution in [0.4, 0.5) is 5.69 Å². The van der Waals surface area contributed by atoms with Gasteiger partial charge in [-0.15, -0.1) is 11.3 Å². The molecular formula is C22H14Cl2N2OS. The average Bonchev–Trinajstić information content (AvgIpc) is 3.19. The smallest absolute Gasteiger partial charge is 0.255 e. The molecule has 1 heterocycles. The average molecular weight is 425 g/mol. The number of thiazole rings is 1. The van der Waals surface area contributed by atoms with E-state index in [1.807, 2.05) is 53.9 Å². The van der Waals surface area contributed by atoms with Gasteiger partial charge in [-0.3, -0.25) is 4.79 Å². The van der Waals surface area contributed by atoms with Crippen LogP contribution in [0.3, 0.4) is 0 Å². The summed E-state index contributed by atoms with van der Waals surface area (Å²) in [5.41, 5.74) is 4.14. The number of hydrogen-bond donors (Lipinski definition) is 1. The summed E-state index contributed by atoms with van der Waals surface area (Å²) in [6, 6.07) is 22.1. The number of amides is 1. The Morgan fingerprint density at radius 1 is 0.857 bits per heavy atom. The molecule has 3 aromatic carbocycles. The molecule has 0 spiro atoms. The molecule has 4 aromatic rings. The predicted octanol–water partition coefficient (Wildman–Crippen LogP) is 7.04. The molecule has 1 aromatic heterocycles. The number of halogens is 2. The quantitative estimate of drug-likeness (QED) is 0.381. The maximum Gasteiger partial charge on any atom is 0.255 e. The molecule has 0 unspecified atom stereocenters. The summed E-state index contributed by atoms with van der Waals surface area (Å²) in [5.74, 6) is -0.200. The number of rotatable bonds is 4. The van der Waals surface area contributed by atoms with E-state index in [9.17, 15) is 4.79 Å². The zero-order valence-corrected chi connectivity index (χ0v) is 16.9. The van der Waals surface area contributed by atoms with Crippen molar-refractivity contribution in [1.82, 2.24) is 4.98 Å². The van der Waals surface area contributed by atoms with Crippen molar-refractivity contribution in [3.8, 4) is 21.8 Å². The lowest BCUT2D eigenvalue weighted by atomic mass is 10.1. The van der Waals surface area contributed by atoms with E-state index in [1.165, 1.54) is 0 Å². The molecule has 0 radical (unpaired) electrons. The topological polar surface area (TPSA) is 42.0 Å². The first-order valence-corrected chi connectivity index (χ1v) is 10.1. The van der Waals surface area contributed by atoms with Gasteiger partial charge in [0.05, 0.1) is 5.69 Å². The summed E-state index contributed by atoms with van der Waals surface area (Å²) in [5, 5.41) is 7.06. The largest absolute Gasteiger partial charge is 0.322 e. The number of hydrogen-bond acceptors (Lipinski definition) is 3. The summed E-state index contributed by atoms with van der Waals surface area (Å²) in [7, 11) is 0. The lowest BCUT2D eigenvalue weighted by molar-refractivity contribution is 0.102. The van der Waals surface area contributed by atoms with Crippen molar-refractivity contribution in [2.45, 2.75) is 0 Å². The van der Waals surface area contributed by atoms with Crippen LogP contribution in [0.25, 0.3) is 21.8 Å². The molecule has 0 aliphatic rings. The lowest BCUT2D eigenvalue weighted by Crippen LogP contribution is -2.11. The normalized spacial score (nSPS) is 10.6. The molecule has 0 saturated heterocycles. The number of carbonyl (C=O) groups is 1. The molecule has 0 fully saturated rings. The van der Waals surface area contributed by atoms with Crippen molar-refractivity contribution in [3.63, 3.8) is 0 Å². The van der Waals surface area contributed by atoms with E-state index >= 15 is 0 Å². The molecule has 1 N–H and O–H groups in total. The minimum absolute atomic E-state index is 0.200. The Kier molecular flexibility index (Phi) is 5.44. The van der Waals surface area contributed by atoms with E-state index < -0.39 is 0 Å². The predicted molar refractivity (Wildman–Crippen MR) is 117 cm³/mol. The van der Waals surface area contributed by atoms with Crippen LogP contribution in [0.1, 0.15) is 10.4 Å². The molecule has 0 aliphatic heterocycles. The van der Waals surface area contributed by atoms with E-state index in [0.717, 1.165) is 21.8 Å². The van der Waals surface area contributed by atoms with Crippen LogP contribution in [-0.4, -0.2) is 10.9 Å². The van der Waals surface area contributed by atoms with Crippen LogP contribution < -0.4 is 5.32 Å². The SMILES string of the molecule is O=C(Nc1ccc(-c2csc(-c3ccc(Cl)cc3)n2)cc1)c1cccc(Cl)c1. The van der Waals surface area contributed by atoms with Crippen molar-refractivity contribution >= 4 is 46.1 Å². The van der Waals surface area contributed by atoms with Gasteiger partial charge in [-0.25, -0.2) is 4.98 Å². The number of nitrogens with zero attached hydrogens (tertiary/aromatic N) is 1. The minimum atomic E-state index is -0.200. The van der Waals surface area contributed by atoms with Crippen molar-refractivity contribution in [2.75, 3.05) is 5.32 Å². The molecule has 3 nitrogen and oxygen atoms in total. The summed E-state index contributed by atoms with van der Waals surface area (Å²) < 4.78 is 0. The van der Waals surface area contributed by atoms with Gasteiger partial charge in [0.1, 0.15) is 5.01 Å². The second-order valence-electron chi connectivity index (χ2n) is 6.09. The zero-order valence-electron chi connectivity index (χ0n) is 14.5. The van der Waals surface area contributed by atoms with Crippen molar-refractivity contribution in [3.05, 3.63) is 93.8 Å². The molecule has 4 rings (SSSR count). The standard InChI is InChI=1S/C22H14Cl2N2OS/c23-17-8-4-15(5-9-17)22-26-20(13-28-22)14-6-10-19(11-7-14)25-21(27)16-2-1-3-18(24)12-16/h1-13H,(H,25,27). The van der Waals surface area contributed by atoms with Crippen LogP contribution in [0, 0.1) is 0 Å². The van der Waals surface area contributed by atoms with Crippen LogP contribution in [0.2, 0.25) is 10.0 Å². The number of anilines is 1. The maximum atomic E-state index is 12.3. The monoisotopic (exact) mass is 424 g/mol. The third-order valence-electron chi connectivity index (χ3n) is 4.12. The summed E-state index contributed by atoms with van der Waals surface area (Å²) in [4.78, 5) is 17.0. The molecule has 0 saturated carbocycles. The molecule has 0 atom stereocenters. The van der Waals surface area contributed by atoms with Gasteiger partial charge in [0.25, 0.3) is 5.91 Å². The van der Waals surface area contributed by atoms with E-state index in [-0.39, 0.29) is 5.91 Å². The Balaban J connectivity index is 1.49. The number of carbonyl (C=O) groups excluding carboxylic acids is 1. The highest BCUT2D eigenvalue weighted by molar-refractivity contribution is 7.13. The fourth-order valence-electron chi connectivity index (χ4n) is 2.69. The highest BCUT2D eigenvalue weighted by Crippen LogP contribution is 2.30. The molecule has 0 bridgehead atoms. The lowest BCUT2D eigenvalue weighted by Gasteiger charge is -2.06. The van der Waals surface area contributed by atoms with E-state index in [0.29, 0.717) is 21.3 Å². The minimum Gasteiger partial charge on any atom is -0.322 e. The summed E-state index contributed by atoms with van der Waals surface area (Å²) in [6.45, 7) is 0. The van der Waals surface area contributed by atoms with Crippen molar-refractivity contribution in [1.29, 1.82) is 0 Å². The zero-order chi connectivity index (χ0) is 19.5. The number of benzene rings is 3. The Bertz CT molecular complexity index is 1120. The Morgan fingerprint density at radius 2 is 1.57 bits per heavy atom. The van der Waals surface area contributed by atoms with Gasteiger partial charge in [-0.1, -0.05) is 53.5 Å². The van der Waals surface area contributed by atoms with Gasteiger partial charge in [-0.05, 0) is 42.5 Å². The van der Waals surface area contributed by atoms with Crippen LogP contribution >= 0.6 is 34.5 Å². The van der Waals surface area contributed by atoms with Gasteiger partial charge in [-0.2, -0.15) is 0 Å². The van der Waals surface area contributed by atoms with Crippen LogP contribution in [0.15, 0.2) is 78.2 Å². The van der Waals surface area contributed by atoms with Crippen molar-refractivity contribution in [2.24, 2.45) is 0 Å². The molecule has 0 aliphatic carbocycles. The number of nitrogens with one attached hydrogen (secondary N) is 1. The van der Waals surface area contributed by atoms with Crippen molar-refractivity contribution < 1.29 is 4.79 Å². The van der Waals surface area contributed by atoms with E-state index in [1.54, 1.807) is 35.6 Å². The van der Waals surface area contributed by atoms with Gasteiger partial charge in [0, 0.05) is 37.8 Å². The van der Waals surface area contributed by atoms with Gasteiger partial charge >= 0.3 is 0 Å². The first-order valence-electron chi connectivity index (χ1n) is 8.47. The Morgan fingerprint density at radius 3 is 2.29 bits per heavy atom. The molecule has 138 valence electrons. The summed E-state index contributed by atoms with van der Waals surface area (Å²) >= 11 is 13.5. The third-order valence-corrected chi connectivity index (χ3v) is 5.50. The van der Waals surface area contributed by atoms with Gasteiger partial charge in [0.15, 0.2) is 0 Å². The van der Waals surface area contributed by atoms with Gasteiger partial charge in [0.2, 0.25) is 0 Å². The number of aromatic nitrogens is 1. The summed E-state index contributed by atoms with van der Waals surface area (Å²) in [6.07, 6.45) is 0.